The van der Waals surface area contributed by atoms with Crippen LogP contribution < -0.4 is 0 Å². The lowest BCUT2D eigenvalue weighted by molar-refractivity contribution is -0.141. The quantitative estimate of drug-likeness (QED) is 0.144. The molecule has 1 rings (SSSR count). The van der Waals surface area contributed by atoms with E-state index in [-0.39, 0.29) is 23.2 Å². The SMILES string of the molecule is CCCCCCCSC(=O)N(CC1CCN(C)CC1)C(CCCCC(=O)OC)CCCCC(=O)OC. The first kappa shape index (κ1) is 32.7. The first-order valence-electron chi connectivity index (χ1n) is 14.2. The first-order valence-corrected chi connectivity index (χ1v) is 15.1. The molecule has 1 aliphatic heterocycles. The number of nitrogens with zero attached hydrogens (tertiary/aromatic N) is 2. The molecule has 0 aromatic rings. The van der Waals surface area contributed by atoms with E-state index >= 15 is 0 Å². The Hall–Kier alpha value is -1.28. The normalized spacial score (nSPS) is 14.7. The van der Waals surface area contributed by atoms with Gasteiger partial charge in [0.15, 0.2) is 0 Å². The molecule has 36 heavy (non-hydrogen) atoms. The number of ether oxygens (including phenoxy) is 2. The fourth-order valence-electron chi connectivity index (χ4n) is 4.80. The molecule has 0 radical (unpaired) electrons. The smallest absolute Gasteiger partial charge is 0.305 e. The summed E-state index contributed by atoms with van der Waals surface area (Å²) in [5.41, 5.74) is 0. The number of likely N-dealkylation sites (tertiary alicyclic amines) is 1. The molecule has 0 aliphatic carbocycles. The van der Waals surface area contributed by atoms with Crippen LogP contribution in [-0.4, -0.2) is 79.7 Å². The third kappa shape index (κ3) is 15.1. The first-order chi connectivity index (χ1) is 17.4. The molecule has 0 bridgehead atoms. The number of carbonyl (C=O) groups excluding carboxylic acids is 3. The summed E-state index contributed by atoms with van der Waals surface area (Å²) < 4.78 is 9.58. The lowest BCUT2D eigenvalue weighted by Gasteiger charge is -2.37. The van der Waals surface area contributed by atoms with E-state index in [0.717, 1.165) is 83.2 Å². The van der Waals surface area contributed by atoms with Crippen LogP contribution in [0.1, 0.15) is 103 Å². The highest BCUT2D eigenvalue weighted by Crippen LogP contribution is 2.26. The van der Waals surface area contributed by atoms with E-state index in [1.54, 1.807) is 0 Å². The minimum absolute atomic E-state index is 0.139. The summed E-state index contributed by atoms with van der Waals surface area (Å²) >= 11 is 1.48. The number of hydrogen-bond donors (Lipinski definition) is 0. The van der Waals surface area contributed by atoms with Crippen molar-refractivity contribution >= 4 is 28.9 Å². The minimum Gasteiger partial charge on any atom is -0.469 e. The summed E-state index contributed by atoms with van der Waals surface area (Å²) in [6.45, 7) is 5.20. The van der Waals surface area contributed by atoms with E-state index in [1.807, 2.05) is 0 Å². The molecule has 0 unspecified atom stereocenters. The molecule has 0 aromatic carbocycles. The number of methoxy groups -OCH3 is 2. The second-order valence-electron chi connectivity index (χ2n) is 10.2. The van der Waals surface area contributed by atoms with E-state index in [0.29, 0.717) is 18.8 Å². The zero-order valence-electron chi connectivity index (χ0n) is 23.4. The highest BCUT2D eigenvalue weighted by Gasteiger charge is 2.28. The molecule has 1 saturated heterocycles. The number of hydrogen-bond acceptors (Lipinski definition) is 7. The molecule has 1 fully saturated rings. The molecule has 0 saturated carbocycles. The minimum atomic E-state index is -0.178. The van der Waals surface area contributed by atoms with E-state index < -0.39 is 0 Å². The van der Waals surface area contributed by atoms with Gasteiger partial charge >= 0.3 is 11.9 Å². The predicted molar refractivity (Wildman–Crippen MR) is 148 cm³/mol. The van der Waals surface area contributed by atoms with Crippen LogP contribution in [0.5, 0.6) is 0 Å². The molecular weight excluding hydrogens is 476 g/mol. The van der Waals surface area contributed by atoms with Gasteiger partial charge in [0.25, 0.3) is 5.24 Å². The second-order valence-corrected chi connectivity index (χ2v) is 11.3. The maximum absolute atomic E-state index is 13.5. The lowest BCUT2D eigenvalue weighted by atomic mass is 9.94. The standard InChI is InChI=1S/C28H52N2O5S/c1-5-6-7-8-13-22-36-28(33)30(23-24-18-20-29(2)21-19-24)25(14-9-11-16-26(31)34-3)15-10-12-17-27(32)35-4/h24-25H,5-23H2,1-4H3. The highest BCUT2D eigenvalue weighted by atomic mass is 32.2. The molecule has 0 spiro atoms. The number of thioether (sulfide) groups is 1. The second kappa shape index (κ2) is 20.7. The van der Waals surface area contributed by atoms with Crippen molar-refractivity contribution in [2.45, 2.75) is 109 Å². The van der Waals surface area contributed by atoms with Crippen molar-refractivity contribution in [2.24, 2.45) is 5.92 Å². The van der Waals surface area contributed by atoms with Crippen LogP contribution in [-0.2, 0) is 19.1 Å². The molecule has 1 heterocycles. The largest absolute Gasteiger partial charge is 0.469 e. The van der Waals surface area contributed by atoms with E-state index in [9.17, 15) is 14.4 Å². The Bertz CT molecular complexity index is 587. The van der Waals surface area contributed by atoms with Crippen LogP contribution in [0.3, 0.4) is 0 Å². The number of piperidine rings is 1. The average molecular weight is 529 g/mol. The topological polar surface area (TPSA) is 76.2 Å². The van der Waals surface area contributed by atoms with Crippen molar-refractivity contribution in [3.05, 3.63) is 0 Å². The molecule has 8 heteroatoms. The fourth-order valence-corrected chi connectivity index (χ4v) is 5.71. The predicted octanol–water partition coefficient (Wildman–Crippen LogP) is 6.29. The van der Waals surface area contributed by atoms with Gasteiger partial charge in [-0.15, -0.1) is 0 Å². The van der Waals surface area contributed by atoms with Gasteiger partial charge in [-0.25, -0.2) is 0 Å². The zero-order valence-corrected chi connectivity index (χ0v) is 24.3. The van der Waals surface area contributed by atoms with Crippen molar-refractivity contribution < 1.29 is 23.9 Å². The van der Waals surface area contributed by atoms with Gasteiger partial charge in [0.2, 0.25) is 0 Å². The average Bonchev–Trinajstić information content (AvgIpc) is 2.89. The summed E-state index contributed by atoms with van der Waals surface area (Å²) in [4.78, 5) is 41.2. The third-order valence-corrected chi connectivity index (χ3v) is 8.21. The van der Waals surface area contributed by atoms with Crippen molar-refractivity contribution in [1.29, 1.82) is 0 Å². The maximum atomic E-state index is 13.5. The Labute approximate surface area is 224 Å². The van der Waals surface area contributed by atoms with Crippen LogP contribution in [0, 0.1) is 5.92 Å². The molecule has 0 atom stereocenters. The summed E-state index contributed by atoms with van der Waals surface area (Å²) in [6, 6.07) is 0.139. The van der Waals surface area contributed by atoms with Crippen molar-refractivity contribution in [3.63, 3.8) is 0 Å². The molecule has 7 nitrogen and oxygen atoms in total. The van der Waals surface area contributed by atoms with Gasteiger partial charge < -0.3 is 19.3 Å². The Morgan fingerprint density at radius 2 is 1.42 bits per heavy atom. The summed E-state index contributed by atoms with van der Waals surface area (Å²) in [5, 5.41) is 0.204. The highest BCUT2D eigenvalue weighted by molar-refractivity contribution is 8.13. The van der Waals surface area contributed by atoms with Crippen molar-refractivity contribution in [1.82, 2.24) is 9.80 Å². The number of carbonyl (C=O) groups is 3. The molecular formula is C28H52N2O5S. The van der Waals surface area contributed by atoms with Gasteiger partial charge in [0.05, 0.1) is 14.2 Å². The van der Waals surface area contributed by atoms with E-state index in [2.05, 4.69) is 23.8 Å². The van der Waals surface area contributed by atoms with Crippen LogP contribution in [0.4, 0.5) is 4.79 Å². The third-order valence-electron chi connectivity index (χ3n) is 7.23. The molecule has 1 amide bonds. The van der Waals surface area contributed by atoms with Crippen LogP contribution in [0.2, 0.25) is 0 Å². The Balaban J connectivity index is 2.80. The van der Waals surface area contributed by atoms with Gasteiger partial charge in [-0.3, -0.25) is 14.4 Å². The van der Waals surface area contributed by atoms with Crippen molar-refractivity contribution in [2.75, 3.05) is 46.7 Å². The maximum Gasteiger partial charge on any atom is 0.305 e. The Morgan fingerprint density at radius 1 is 0.861 bits per heavy atom. The molecule has 0 N–H and O–H groups in total. The van der Waals surface area contributed by atoms with Gasteiger partial charge in [-0.1, -0.05) is 57.2 Å². The van der Waals surface area contributed by atoms with Crippen molar-refractivity contribution in [3.8, 4) is 0 Å². The van der Waals surface area contributed by atoms with Gasteiger partial charge in [-0.2, -0.15) is 0 Å². The van der Waals surface area contributed by atoms with E-state index in [4.69, 9.17) is 9.47 Å². The van der Waals surface area contributed by atoms with Gasteiger partial charge in [0.1, 0.15) is 0 Å². The molecule has 1 aliphatic rings. The Kier molecular flexibility index (Phi) is 18.9. The number of esters is 2. The lowest BCUT2D eigenvalue weighted by Crippen LogP contribution is -2.44. The van der Waals surface area contributed by atoms with E-state index in [1.165, 1.54) is 51.7 Å². The molecule has 210 valence electrons. The molecule has 0 aromatic heterocycles. The van der Waals surface area contributed by atoms with Crippen LogP contribution in [0.25, 0.3) is 0 Å². The van der Waals surface area contributed by atoms with Crippen LogP contribution in [0.15, 0.2) is 0 Å². The number of rotatable bonds is 19. The van der Waals surface area contributed by atoms with Gasteiger partial charge in [0, 0.05) is 31.2 Å². The monoisotopic (exact) mass is 528 g/mol. The summed E-state index contributed by atoms with van der Waals surface area (Å²) in [7, 11) is 5.01. The fraction of sp³-hybridized carbons (Fsp3) is 0.893. The number of unbranched alkanes of at least 4 members (excludes halogenated alkanes) is 6. The Morgan fingerprint density at radius 3 is 1.94 bits per heavy atom. The summed E-state index contributed by atoms with van der Waals surface area (Å²) in [5.74, 6) is 1.05. The van der Waals surface area contributed by atoms with Gasteiger partial charge in [-0.05, 0) is 71.0 Å². The number of amides is 1. The van der Waals surface area contributed by atoms with Crippen LogP contribution >= 0.6 is 11.8 Å². The zero-order chi connectivity index (χ0) is 26.6. The summed E-state index contributed by atoms with van der Waals surface area (Å²) in [6.07, 6.45) is 14.2.